The van der Waals surface area contributed by atoms with Crippen molar-refractivity contribution in [3.8, 4) is 0 Å². The molecule has 2 fully saturated rings. The third-order valence-electron chi connectivity index (χ3n) is 4.04. The van der Waals surface area contributed by atoms with Gasteiger partial charge in [0.15, 0.2) is 12.1 Å². The number of hydrogen-bond donors (Lipinski definition) is 0. The molecule has 2 aliphatic rings. The molecule has 0 N–H and O–H groups in total. The Morgan fingerprint density at radius 3 is 2.68 bits per heavy atom. The first kappa shape index (κ1) is 17.3. The lowest BCUT2D eigenvalue weighted by Crippen LogP contribution is -2.32. The summed E-state index contributed by atoms with van der Waals surface area (Å²) in [5, 5.41) is 3.85. The van der Waals surface area contributed by atoms with Gasteiger partial charge in [0, 0.05) is 4.91 Å². The second-order valence-electron chi connectivity index (χ2n) is 6.40. The molecule has 2 saturated heterocycles. The van der Waals surface area contributed by atoms with Gasteiger partial charge in [-0.05, 0) is 32.2 Å². The molecule has 124 valence electrons. The van der Waals surface area contributed by atoms with E-state index in [1.165, 1.54) is 32.1 Å². The fraction of sp³-hybridized carbons (Fsp3) is 0.875. The smallest absolute Gasteiger partial charge is 0.188 e. The van der Waals surface area contributed by atoms with E-state index in [0.29, 0.717) is 0 Å². The van der Waals surface area contributed by atoms with Crippen LogP contribution in [0.25, 0.3) is 10.4 Å². The molecule has 0 radical (unpaired) electrons. The highest BCUT2D eigenvalue weighted by molar-refractivity contribution is 5.06. The number of fused-ring (bicyclic) bond motifs is 1. The van der Waals surface area contributed by atoms with Crippen LogP contribution in [0, 0.1) is 0 Å². The van der Waals surface area contributed by atoms with Crippen molar-refractivity contribution >= 4 is 0 Å². The zero-order chi connectivity index (χ0) is 16.0. The normalized spacial score (nSPS) is 33.0. The van der Waals surface area contributed by atoms with Crippen LogP contribution in [0.4, 0.5) is 0 Å². The van der Waals surface area contributed by atoms with Crippen LogP contribution in [0.2, 0.25) is 0 Å². The summed E-state index contributed by atoms with van der Waals surface area (Å²) in [6, 6.07) is -0.367. The zero-order valence-electron chi connectivity index (χ0n) is 13.8. The van der Waals surface area contributed by atoms with Crippen LogP contribution in [0.1, 0.15) is 59.3 Å². The fourth-order valence-corrected chi connectivity index (χ4v) is 2.96. The number of unbranched alkanes of at least 4 members (excludes halogenated alkanes) is 5. The van der Waals surface area contributed by atoms with E-state index in [1.807, 2.05) is 19.9 Å². The first-order valence-corrected chi connectivity index (χ1v) is 8.29. The molecule has 0 unspecified atom stereocenters. The van der Waals surface area contributed by atoms with Crippen LogP contribution < -0.4 is 0 Å². The predicted octanol–water partition coefficient (Wildman–Crippen LogP) is 4.46. The average molecular weight is 309 g/mol. The van der Waals surface area contributed by atoms with Crippen molar-refractivity contribution in [2.75, 3.05) is 0 Å². The standard InChI is InChI=1S/C16H27N3O3/c1-4-5-6-7-8-9-10-11-12-13(18-19-17)14-15(20-12)22-16(2,3)21-14/h10-15H,4-9H2,1-3H3/b11-10+/t12-,13+,14-,15-/m1/s1. The van der Waals surface area contributed by atoms with Crippen molar-refractivity contribution in [2.24, 2.45) is 5.11 Å². The highest BCUT2D eigenvalue weighted by Crippen LogP contribution is 2.39. The van der Waals surface area contributed by atoms with Gasteiger partial charge in [0.25, 0.3) is 0 Å². The molecule has 22 heavy (non-hydrogen) atoms. The van der Waals surface area contributed by atoms with Gasteiger partial charge in [0.1, 0.15) is 6.10 Å². The molecule has 0 aromatic rings. The van der Waals surface area contributed by atoms with Crippen LogP contribution >= 0.6 is 0 Å². The first-order valence-electron chi connectivity index (χ1n) is 8.29. The van der Waals surface area contributed by atoms with E-state index in [4.69, 9.17) is 19.7 Å². The van der Waals surface area contributed by atoms with Crippen molar-refractivity contribution in [1.82, 2.24) is 0 Å². The van der Waals surface area contributed by atoms with E-state index in [-0.39, 0.29) is 18.2 Å². The predicted molar refractivity (Wildman–Crippen MR) is 84.1 cm³/mol. The summed E-state index contributed by atoms with van der Waals surface area (Å²) in [6.45, 7) is 5.89. The molecule has 0 saturated carbocycles. The number of nitrogens with zero attached hydrogens (tertiary/aromatic N) is 3. The molecule has 2 rings (SSSR count). The minimum atomic E-state index is -0.688. The van der Waals surface area contributed by atoms with Gasteiger partial charge in [-0.1, -0.05) is 49.9 Å². The Bertz CT molecular complexity index is 432. The fourth-order valence-electron chi connectivity index (χ4n) is 2.96. The van der Waals surface area contributed by atoms with Gasteiger partial charge in [-0.15, -0.1) is 0 Å². The minimum Gasteiger partial charge on any atom is -0.342 e. The Hall–Kier alpha value is -1.07. The van der Waals surface area contributed by atoms with Gasteiger partial charge < -0.3 is 14.2 Å². The molecule has 0 bridgehead atoms. The first-order chi connectivity index (χ1) is 10.6. The summed E-state index contributed by atoms with van der Waals surface area (Å²) >= 11 is 0. The van der Waals surface area contributed by atoms with Gasteiger partial charge in [-0.2, -0.15) is 0 Å². The molecule has 0 aliphatic carbocycles. The van der Waals surface area contributed by atoms with Crippen LogP contribution in [0.3, 0.4) is 0 Å². The summed E-state index contributed by atoms with van der Waals surface area (Å²) in [4.78, 5) is 2.93. The number of azide groups is 1. The van der Waals surface area contributed by atoms with Crippen molar-refractivity contribution < 1.29 is 14.2 Å². The van der Waals surface area contributed by atoms with Crippen molar-refractivity contribution in [3.63, 3.8) is 0 Å². The molecule has 6 nitrogen and oxygen atoms in total. The van der Waals surface area contributed by atoms with Crippen molar-refractivity contribution in [2.45, 2.75) is 89.6 Å². The van der Waals surface area contributed by atoms with E-state index in [1.54, 1.807) is 0 Å². The zero-order valence-corrected chi connectivity index (χ0v) is 13.8. The Kier molecular flexibility index (Phi) is 6.26. The summed E-state index contributed by atoms with van der Waals surface area (Å²) in [6.07, 6.45) is 10.4. The monoisotopic (exact) mass is 309 g/mol. The Balaban J connectivity index is 1.82. The average Bonchev–Trinajstić information content (AvgIpc) is 2.91. The molecule has 0 amide bonds. The lowest BCUT2D eigenvalue weighted by molar-refractivity contribution is -0.201. The van der Waals surface area contributed by atoms with E-state index in [9.17, 15) is 0 Å². The highest BCUT2D eigenvalue weighted by Gasteiger charge is 2.53. The van der Waals surface area contributed by atoms with Crippen molar-refractivity contribution in [1.29, 1.82) is 0 Å². The molecule has 0 aromatic heterocycles. The molecule has 2 aliphatic heterocycles. The van der Waals surface area contributed by atoms with Gasteiger partial charge in [0.05, 0.1) is 12.1 Å². The van der Waals surface area contributed by atoms with Gasteiger partial charge in [-0.3, -0.25) is 0 Å². The second kappa shape index (κ2) is 7.97. The second-order valence-corrected chi connectivity index (χ2v) is 6.40. The topological polar surface area (TPSA) is 76.5 Å². The number of allylic oxidation sites excluding steroid dienone is 1. The molecular weight excluding hydrogens is 282 g/mol. The summed E-state index contributed by atoms with van der Waals surface area (Å²) in [7, 11) is 0. The van der Waals surface area contributed by atoms with Crippen molar-refractivity contribution in [3.05, 3.63) is 22.6 Å². The van der Waals surface area contributed by atoms with E-state index in [2.05, 4.69) is 23.0 Å². The maximum atomic E-state index is 8.77. The number of hydrogen-bond acceptors (Lipinski definition) is 4. The minimum absolute atomic E-state index is 0.266. The number of rotatable bonds is 8. The van der Waals surface area contributed by atoms with E-state index >= 15 is 0 Å². The highest BCUT2D eigenvalue weighted by atomic mass is 16.8. The summed E-state index contributed by atoms with van der Waals surface area (Å²) < 4.78 is 17.3. The summed E-state index contributed by atoms with van der Waals surface area (Å²) in [5.41, 5.74) is 8.77. The third-order valence-corrected chi connectivity index (χ3v) is 4.04. The van der Waals surface area contributed by atoms with E-state index in [0.717, 1.165) is 6.42 Å². The number of ether oxygens (including phenoxy) is 3. The third kappa shape index (κ3) is 4.46. The lowest BCUT2D eigenvalue weighted by Gasteiger charge is -2.21. The Labute approximate surface area is 132 Å². The molecule has 0 aromatic carbocycles. The van der Waals surface area contributed by atoms with Crippen LogP contribution in [-0.2, 0) is 14.2 Å². The lowest BCUT2D eigenvalue weighted by atomic mass is 10.1. The van der Waals surface area contributed by atoms with Crippen LogP contribution in [0.5, 0.6) is 0 Å². The molecule has 4 atom stereocenters. The van der Waals surface area contributed by atoms with Crippen LogP contribution in [-0.4, -0.2) is 30.3 Å². The van der Waals surface area contributed by atoms with Crippen LogP contribution in [0.15, 0.2) is 17.3 Å². The molecule has 0 spiro atoms. The maximum Gasteiger partial charge on any atom is 0.188 e. The molecule has 6 heteroatoms. The largest absolute Gasteiger partial charge is 0.342 e. The molecular formula is C16H27N3O3. The van der Waals surface area contributed by atoms with E-state index < -0.39 is 12.1 Å². The maximum absolute atomic E-state index is 8.77. The van der Waals surface area contributed by atoms with Gasteiger partial charge in [0.2, 0.25) is 0 Å². The summed E-state index contributed by atoms with van der Waals surface area (Å²) in [5.74, 6) is -0.688. The Morgan fingerprint density at radius 1 is 1.18 bits per heavy atom. The quantitative estimate of drug-likeness (QED) is 0.218. The Morgan fingerprint density at radius 2 is 1.95 bits per heavy atom. The molecule has 2 heterocycles. The van der Waals surface area contributed by atoms with Gasteiger partial charge in [-0.25, -0.2) is 0 Å². The van der Waals surface area contributed by atoms with Gasteiger partial charge >= 0.3 is 0 Å². The SMILES string of the molecule is CCCCCCC/C=C/[C@H]1O[C@@H]2OC(C)(C)O[C@@H]2[C@H]1N=[N+]=[N-].